The minimum atomic E-state index is 0.659. The van der Waals surface area contributed by atoms with Crippen LogP contribution < -0.4 is 0 Å². The van der Waals surface area contributed by atoms with Crippen LogP contribution in [0.5, 0.6) is 0 Å². The van der Waals surface area contributed by atoms with Crippen LogP contribution in [0.2, 0.25) is 5.02 Å². The first-order valence-electron chi connectivity index (χ1n) is 8.47. The van der Waals surface area contributed by atoms with Gasteiger partial charge in [0.25, 0.3) is 0 Å². The van der Waals surface area contributed by atoms with Crippen LogP contribution in [-0.2, 0) is 11.3 Å². The number of piperidine rings is 1. The summed E-state index contributed by atoms with van der Waals surface area (Å²) in [6.45, 7) is 4.96. The molecule has 1 aliphatic rings. The number of likely N-dealkylation sites (tertiary alicyclic amines) is 1. The second-order valence-corrected chi connectivity index (χ2v) is 6.56. The maximum Gasteiger partial charge on any atom is 0.0723 e. The molecular formula is C20H24ClNO. The van der Waals surface area contributed by atoms with Crippen LogP contribution >= 0.6 is 11.6 Å². The fraction of sp³-hybridized carbons (Fsp3) is 0.400. The van der Waals surface area contributed by atoms with Crippen LogP contribution in [0.1, 0.15) is 24.8 Å². The summed E-state index contributed by atoms with van der Waals surface area (Å²) in [5.41, 5.74) is 3.64. The molecule has 0 atom stereocenters. The Morgan fingerprint density at radius 2 is 1.65 bits per heavy atom. The highest BCUT2D eigenvalue weighted by Crippen LogP contribution is 2.25. The first-order valence-corrected chi connectivity index (χ1v) is 8.85. The Kier molecular flexibility index (Phi) is 6.09. The molecule has 1 saturated heterocycles. The second kappa shape index (κ2) is 8.49. The van der Waals surface area contributed by atoms with Gasteiger partial charge in [0, 0.05) is 11.6 Å². The SMILES string of the molecule is Clc1ccc(-c2ccccc2COCCN2CCCCC2)cc1. The van der Waals surface area contributed by atoms with E-state index in [0.29, 0.717) is 6.61 Å². The van der Waals surface area contributed by atoms with Gasteiger partial charge in [-0.15, -0.1) is 0 Å². The van der Waals surface area contributed by atoms with Crippen molar-refractivity contribution in [2.45, 2.75) is 25.9 Å². The van der Waals surface area contributed by atoms with E-state index in [2.05, 4.69) is 41.3 Å². The van der Waals surface area contributed by atoms with E-state index >= 15 is 0 Å². The Balaban J connectivity index is 1.56. The minimum Gasteiger partial charge on any atom is -0.375 e. The highest BCUT2D eigenvalue weighted by Gasteiger charge is 2.10. The maximum absolute atomic E-state index is 5.99. The smallest absolute Gasteiger partial charge is 0.0723 e. The predicted octanol–water partition coefficient (Wildman–Crippen LogP) is 5.01. The normalized spacial score (nSPS) is 15.7. The summed E-state index contributed by atoms with van der Waals surface area (Å²) >= 11 is 5.99. The largest absolute Gasteiger partial charge is 0.375 e. The second-order valence-electron chi connectivity index (χ2n) is 6.12. The average molecular weight is 330 g/mol. The lowest BCUT2D eigenvalue weighted by atomic mass is 10.0. The zero-order valence-electron chi connectivity index (χ0n) is 13.5. The first-order chi connectivity index (χ1) is 11.3. The molecule has 2 aromatic carbocycles. The van der Waals surface area contributed by atoms with E-state index in [4.69, 9.17) is 16.3 Å². The van der Waals surface area contributed by atoms with Gasteiger partial charge in [-0.2, -0.15) is 0 Å². The van der Waals surface area contributed by atoms with E-state index in [1.165, 1.54) is 49.0 Å². The zero-order valence-corrected chi connectivity index (χ0v) is 14.3. The molecular weight excluding hydrogens is 306 g/mol. The highest BCUT2D eigenvalue weighted by atomic mass is 35.5. The number of rotatable bonds is 6. The molecule has 0 bridgehead atoms. The van der Waals surface area contributed by atoms with Crippen molar-refractivity contribution in [1.82, 2.24) is 4.90 Å². The van der Waals surface area contributed by atoms with Gasteiger partial charge in [0.15, 0.2) is 0 Å². The Bertz CT molecular complexity index is 605. The van der Waals surface area contributed by atoms with E-state index in [1.54, 1.807) is 0 Å². The van der Waals surface area contributed by atoms with Gasteiger partial charge in [-0.1, -0.05) is 54.4 Å². The molecule has 0 radical (unpaired) electrons. The third-order valence-corrected chi connectivity index (χ3v) is 4.68. The van der Waals surface area contributed by atoms with E-state index in [9.17, 15) is 0 Å². The van der Waals surface area contributed by atoms with E-state index in [1.807, 2.05) is 12.1 Å². The summed E-state index contributed by atoms with van der Waals surface area (Å²) < 4.78 is 5.94. The summed E-state index contributed by atoms with van der Waals surface area (Å²) in [5.74, 6) is 0. The van der Waals surface area contributed by atoms with Crippen molar-refractivity contribution in [3.8, 4) is 11.1 Å². The number of nitrogens with zero attached hydrogens (tertiary/aromatic N) is 1. The molecule has 3 rings (SSSR count). The maximum atomic E-state index is 5.99. The van der Waals surface area contributed by atoms with E-state index in [0.717, 1.165) is 18.2 Å². The molecule has 0 N–H and O–H groups in total. The summed E-state index contributed by atoms with van der Waals surface area (Å²) in [4.78, 5) is 2.51. The summed E-state index contributed by atoms with van der Waals surface area (Å²) in [7, 11) is 0. The molecule has 3 heteroatoms. The Morgan fingerprint density at radius 3 is 2.43 bits per heavy atom. The molecule has 0 saturated carbocycles. The van der Waals surface area contributed by atoms with Crippen molar-refractivity contribution in [1.29, 1.82) is 0 Å². The van der Waals surface area contributed by atoms with Gasteiger partial charge in [0.2, 0.25) is 0 Å². The molecule has 23 heavy (non-hydrogen) atoms. The summed E-state index contributed by atoms with van der Waals surface area (Å²) in [5, 5.41) is 0.768. The molecule has 1 heterocycles. The molecule has 0 unspecified atom stereocenters. The third kappa shape index (κ3) is 4.81. The fourth-order valence-corrected chi connectivity index (χ4v) is 3.24. The molecule has 0 spiro atoms. The Morgan fingerprint density at radius 1 is 0.913 bits per heavy atom. The monoisotopic (exact) mass is 329 g/mol. The lowest BCUT2D eigenvalue weighted by Gasteiger charge is -2.26. The molecule has 0 aliphatic carbocycles. The number of hydrogen-bond acceptors (Lipinski definition) is 2. The van der Waals surface area contributed by atoms with Gasteiger partial charge < -0.3 is 9.64 Å². The minimum absolute atomic E-state index is 0.659. The average Bonchev–Trinajstić information content (AvgIpc) is 2.61. The number of ether oxygens (including phenoxy) is 1. The zero-order chi connectivity index (χ0) is 15.9. The summed E-state index contributed by atoms with van der Waals surface area (Å²) in [6.07, 6.45) is 4.05. The topological polar surface area (TPSA) is 12.5 Å². The van der Waals surface area contributed by atoms with Gasteiger partial charge in [0.1, 0.15) is 0 Å². The van der Waals surface area contributed by atoms with Crippen molar-refractivity contribution < 1.29 is 4.74 Å². The van der Waals surface area contributed by atoms with Crippen molar-refractivity contribution >= 4 is 11.6 Å². The van der Waals surface area contributed by atoms with Crippen LogP contribution in [0, 0.1) is 0 Å². The number of benzene rings is 2. The predicted molar refractivity (Wildman–Crippen MR) is 96.8 cm³/mol. The van der Waals surface area contributed by atoms with Crippen molar-refractivity contribution in [2.24, 2.45) is 0 Å². The van der Waals surface area contributed by atoms with Crippen molar-refractivity contribution in [2.75, 3.05) is 26.2 Å². The lowest BCUT2D eigenvalue weighted by Crippen LogP contribution is -2.32. The van der Waals surface area contributed by atoms with Crippen molar-refractivity contribution in [3.63, 3.8) is 0 Å². The van der Waals surface area contributed by atoms with E-state index in [-0.39, 0.29) is 0 Å². The molecule has 122 valence electrons. The first kappa shape index (κ1) is 16.5. The Hall–Kier alpha value is -1.35. The van der Waals surface area contributed by atoms with Crippen LogP contribution in [0.4, 0.5) is 0 Å². The van der Waals surface area contributed by atoms with Gasteiger partial charge in [0.05, 0.1) is 13.2 Å². The van der Waals surface area contributed by atoms with E-state index < -0.39 is 0 Å². The molecule has 2 nitrogen and oxygen atoms in total. The van der Waals surface area contributed by atoms with Crippen LogP contribution in [0.15, 0.2) is 48.5 Å². The van der Waals surface area contributed by atoms with Crippen LogP contribution in [0.3, 0.4) is 0 Å². The molecule has 0 aromatic heterocycles. The third-order valence-electron chi connectivity index (χ3n) is 4.43. The lowest BCUT2D eigenvalue weighted by molar-refractivity contribution is 0.0865. The molecule has 1 aliphatic heterocycles. The molecule has 1 fully saturated rings. The molecule has 0 amide bonds. The fourth-order valence-electron chi connectivity index (χ4n) is 3.12. The van der Waals surface area contributed by atoms with Gasteiger partial charge in [-0.25, -0.2) is 0 Å². The molecule has 2 aromatic rings. The van der Waals surface area contributed by atoms with Gasteiger partial charge in [-0.05, 0) is 54.8 Å². The number of hydrogen-bond donors (Lipinski definition) is 0. The van der Waals surface area contributed by atoms with Crippen LogP contribution in [0.25, 0.3) is 11.1 Å². The van der Waals surface area contributed by atoms with Crippen LogP contribution in [-0.4, -0.2) is 31.1 Å². The quantitative estimate of drug-likeness (QED) is 0.691. The van der Waals surface area contributed by atoms with Crippen molar-refractivity contribution in [3.05, 3.63) is 59.1 Å². The number of halogens is 1. The standard InChI is InChI=1S/C20H24ClNO/c21-19-10-8-17(9-11-19)20-7-3-2-6-18(20)16-23-15-14-22-12-4-1-5-13-22/h2-3,6-11H,1,4-5,12-16H2. The Labute approximate surface area is 144 Å². The summed E-state index contributed by atoms with van der Waals surface area (Å²) in [6, 6.07) is 16.4. The highest BCUT2D eigenvalue weighted by molar-refractivity contribution is 6.30. The van der Waals surface area contributed by atoms with Gasteiger partial charge in [-0.3, -0.25) is 0 Å². The van der Waals surface area contributed by atoms with Gasteiger partial charge >= 0.3 is 0 Å².